The number of hydrogen-bond acceptors (Lipinski definition) is 3. The molecule has 1 unspecified atom stereocenters. The predicted octanol–water partition coefficient (Wildman–Crippen LogP) is 0.123. The van der Waals surface area contributed by atoms with Gasteiger partial charge < -0.3 is 15.3 Å². The molecule has 1 saturated heterocycles. The van der Waals surface area contributed by atoms with Crippen LogP contribution >= 0.6 is 0 Å². The summed E-state index contributed by atoms with van der Waals surface area (Å²) in [7, 11) is 0. The third kappa shape index (κ3) is 1.99. The summed E-state index contributed by atoms with van der Waals surface area (Å²) >= 11 is 0. The number of carbonyl (C=O) groups excluding carboxylic acids is 1. The van der Waals surface area contributed by atoms with E-state index in [1.165, 1.54) is 12.1 Å². The van der Waals surface area contributed by atoms with E-state index < -0.39 is 6.04 Å². The van der Waals surface area contributed by atoms with Gasteiger partial charge in [0, 0.05) is 18.8 Å². The Kier molecular flexibility index (Phi) is 3.05. The van der Waals surface area contributed by atoms with E-state index in [1.807, 2.05) is 0 Å². The standard InChI is InChI=1S/C11H13FN2O2/c12-8-1-3-9(4-2-8)14-6-5-13-11(16)10(14)7-15/h1-4,10,15H,5-7H2,(H,13,16). The van der Waals surface area contributed by atoms with Crippen molar-refractivity contribution in [2.75, 3.05) is 24.6 Å². The van der Waals surface area contributed by atoms with E-state index in [0.717, 1.165) is 5.69 Å². The minimum absolute atomic E-state index is 0.196. The lowest BCUT2D eigenvalue weighted by Gasteiger charge is -2.35. The zero-order chi connectivity index (χ0) is 11.5. The first-order valence-corrected chi connectivity index (χ1v) is 5.13. The number of rotatable bonds is 2. The van der Waals surface area contributed by atoms with Crippen LogP contribution in [0.2, 0.25) is 0 Å². The number of carbonyl (C=O) groups is 1. The van der Waals surface area contributed by atoms with E-state index >= 15 is 0 Å². The van der Waals surface area contributed by atoms with Crippen molar-refractivity contribution in [3.63, 3.8) is 0 Å². The number of piperazine rings is 1. The Morgan fingerprint density at radius 1 is 1.44 bits per heavy atom. The molecule has 5 heteroatoms. The van der Waals surface area contributed by atoms with Gasteiger partial charge >= 0.3 is 0 Å². The Bertz CT molecular complexity index is 380. The van der Waals surface area contributed by atoms with Crippen molar-refractivity contribution in [3.8, 4) is 0 Å². The van der Waals surface area contributed by atoms with Gasteiger partial charge in [-0.1, -0.05) is 0 Å². The number of benzene rings is 1. The summed E-state index contributed by atoms with van der Waals surface area (Å²) in [5.41, 5.74) is 0.746. The van der Waals surface area contributed by atoms with Gasteiger partial charge in [-0.15, -0.1) is 0 Å². The van der Waals surface area contributed by atoms with Crippen LogP contribution < -0.4 is 10.2 Å². The topological polar surface area (TPSA) is 52.6 Å². The molecular formula is C11H13FN2O2. The van der Waals surface area contributed by atoms with Gasteiger partial charge in [-0.2, -0.15) is 0 Å². The fraction of sp³-hybridized carbons (Fsp3) is 0.364. The maximum atomic E-state index is 12.8. The molecule has 0 bridgehead atoms. The van der Waals surface area contributed by atoms with Crippen LogP contribution in [0.1, 0.15) is 0 Å². The van der Waals surface area contributed by atoms with Gasteiger partial charge in [0.25, 0.3) is 0 Å². The molecule has 1 aliphatic heterocycles. The normalized spacial score (nSPS) is 20.8. The van der Waals surface area contributed by atoms with Gasteiger partial charge in [-0.3, -0.25) is 4.79 Å². The highest BCUT2D eigenvalue weighted by Crippen LogP contribution is 2.18. The SMILES string of the molecule is O=C1NCCN(c2ccc(F)cc2)C1CO. The van der Waals surface area contributed by atoms with Crippen LogP contribution in [0.3, 0.4) is 0 Å². The molecule has 2 rings (SSSR count). The molecule has 0 aliphatic carbocycles. The number of nitrogens with zero attached hydrogens (tertiary/aromatic N) is 1. The van der Waals surface area contributed by atoms with Crippen LogP contribution in [-0.4, -0.2) is 36.8 Å². The minimum atomic E-state index is -0.584. The molecule has 1 amide bonds. The van der Waals surface area contributed by atoms with Crippen LogP contribution in [0.5, 0.6) is 0 Å². The third-order valence-corrected chi connectivity index (χ3v) is 2.66. The fourth-order valence-corrected chi connectivity index (χ4v) is 1.84. The Labute approximate surface area is 92.7 Å². The molecule has 0 saturated carbocycles. The highest BCUT2D eigenvalue weighted by atomic mass is 19.1. The molecule has 86 valence electrons. The van der Waals surface area contributed by atoms with Crippen LogP contribution in [-0.2, 0) is 4.79 Å². The lowest BCUT2D eigenvalue weighted by atomic mass is 10.1. The molecule has 0 radical (unpaired) electrons. The van der Waals surface area contributed by atoms with Gasteiger partial charge in [0.15, 0.2) is 0 Å². The molecule has 0 spiro atoms. The van der Waals surface area contributed by atoms with Crippen LogP contribution in [0.4, 0.5) is 10.1 Å². The number of halogens is 1. The van der Waals surface area contributed by atoms with Crippen molar-refractivity contribution in [1.29, 1.82) is 0 Å². The van der Waals surface area contributed by atoms with Gasteiger partial charge in [-0.05, 0) is 24.3 Å². The van der Waals surface area contributed by atoms with Crippen LogP contribution in [0.15, 0.2) is 24.3 Å². The molecular weight excluding hydrogens is 211 g/mol. The third-order valence-electron chi connectivity index (χ3n) is 2.66. The molecule has 1 fully saturated rings. The van der Waals surface area contributed by atoms with Crippen molar-refractivity contribution >= 4 is 11.6 Å². The molecule has 1 aliphatic rings. The Balaban J connectivity index is 2.24. The van der Waals surface area contributed by atoms with Crippen molar-refractivity contribution in [2.45, 2.75) is 6.04 Å². The Hall–Kier alpha value is -1.62. The van der Waals surface area contributed by atoms with E-state index in [2.05, 4.69) is 5.32 Å². The second-order valence-electron chi connectivity index (χ2n) is 3.66. The number of amides is 1. The summed E-state index contributed by atoms with van der Waals surface area (Å²) in [6.07, 6.45) is 0. The van der Waals surface area contributed by atoms with E-state index in [-0.39, 0.29) is 18.3 Å². The first-order valence-electron chi connectivity index (χ1n) is 5.13. The number of anilines is 1. The summed E-state index contributed by atoms with van der Waals surface area (Å²) < 4.78 is 12.8. The lowest BCUT2D eigenvalue weighted by molar-refractivity contribution is -0.124. The molecule has 1 aromatic rings. The fourth-order valence-electron chi connectivity index (χ4n) is 1.84. The maximum Gasteiger partial charge on any atom is 0.245 e. The van der Waals surface area contributed by atoms with Crippen molar-refractivity contribution in [3.05, 3.63) is 30.1 Å². The van der Waals surface area contributed by atoms with Crippen molar-refractivity contribution in [1.82, 2.24) is 5.32 Å². The number of aliphatic hydroxyl groups excluding tert-OH is 1. The van der Waals surface area contributed by atoms with E-state index in [0.29, 0.717) is 13.1 Å². The highest BCUT2D eigenvalue weighted by Gasteiger charge is 2.28. The number of aliphatic hydroxyl groups is 1. The predicted molar refractivity (Wildman–Crippen MR) is 57.6 cm³/mol. The smallest absolute Gasteiger partial charge is 0.245 e. The average Bonchev–Trinajstić information content (AvgIpc) is 2.30. The minimum Gasteiger partial charge on any atom is -0.394 e. The number of hydrogen-bond donors (Lipinski definition) is 2. The van der Waals surface area contributed by atoms with Crippen LogP contribution in [0, 0.1) is 5.82 Å². The van der Waals surface area contributed by atoms with Crippen molar-refractivity contribution in [2.24, 2.45) is 0 Å². The molecule has 16 heavy (non-hydrogen) atoms. The second kappa shape index (κ2) is 4.49. The van der Waals surface area contributed by atoms with E-state index in [9.17, 15) is 14.3 Å². The van der Waals surface area contributed by atoms with Gasteiger partial charge in [0.2, 0.25) is 5.91 Å². The summed E-state index contributed by atoms with van der Waals surface area (Å²) in [4.78, 5) is 13.3. The van der Waals surface area contributed by atoms with E-state index in [1.54, 1.807) is 17.0 Å². The van der Waals surface area contributed by atoms with E-state index in [4.69, 9.17) is 0 Å². The van der Waals surface area contributed by atoms with Crippen molar-refractivity contribution < 1.29 is 14.3 Å². The Morgan fingerprint density at radius 3 is 2.75 bits per heavy atom. The summed E-state index contributed by atoms with van der Waals surface area (Å²) in [5, 5.41) is 11.9. The average molecular weight is 224 g/mol. The number of nitrogens with one attached hydrogen (secondary N) is 1. The second-order valence-corrected chi connectivity index (χ2v) is 3.66. The van der Waals surface area contributed by atoms with Gasteiger partial charge in [-0.25, -0.2) is 4.39 Å². The zero-order valence-electron chi connectivity index (χ0n) is 8.69. The Morgan fingerprint density at radius 2 is 2.12 bits per heavy atom. The molecule has 1 atom stereocenters. The molecule has 4 nitrogen and oxygen atoms in total. The quantitative estimate of drug-likeness (QED) is 0.750. The maximum absolute atomic E-state index is 12.8. The summed E-state index contributed by atoms with van der Waals surface area (Å²) in [6, 6.07) is 5.32. The molecule has 1 aromatic carbocycles. The zero-order valence-corrected chi connectivity index (χ0v) is 8.69. The van der Waals surface area contributed by atoms with Gasteiger partial charge in [0.05, 0.1) is 6.61 Å². The largest absolute Gasteiger partial charge is 0.394 e. The highest BCUT2D eigenvalue weighted by molar-refractivity contribution is 5.86. The lowest BCUT2D eigenvalue weighted by Crippen LogP contribution is -2.57. The molecule has 1 heterocycles. The monoisotopic (exact) mass is 224 g/mol. The van der Waals surface area contributed by atoms with Gasteiger partial charge in [0.1, 0.15) is 11.9 Å². The molecule has 2 N–H and O–H groups in total. The van der Waals surface area contributed by atoms with Crippen LogP contribution in [0.25, 0.3) is 0 Å². The first kappa shape index (κ1) is 10.9. The molecule has 0 aromatic heterocycles. The summed E-state index contributed by atoms with van der Waals surface area (Å²) in [5.74, 6) is -0.510. The summed E-state index contributed by atoms with van der Waals surface area (Å²) in [6.45, 7) is 0.901. The first-order chi connectivity index (χ1) is 7.72.